The average Bonchev–Trinajstić information content (AvgIpc) is 2.69. The van der Waals surface area contributed by atoms with Crippen LogP contribution in [0.15, 0.2) is 88.7 Å². The predicted octanol–water partition coefficient (Wildman–Crippen LogP) is 5.37. The second-order valence-electron chi connectivity index (χ2n) is 7.67. The van der Waals surface area contributed by atoms with E-state index in [4.69, 9.17) is 4.74 Å². The minimum absolute atomic E-state index is 0.293. The third-order valence-corrected chi connectivity index (χ3v) is 6.45. The van der Waals surface area contributed by atoms with Gasteiger partial charge < -0.3 is 4.74 Å². The minimum atomic E-state index is -3.48. The van der Waals surface area contributed by atoms with Crippen molar-refractivity contribution in [3.05, 3.63) is 95.6 Å². The number of sulfone groups is 1. The Morgan fingerprint density at radius 3 is 1.89 bits per heavy atom. The molecule has 28 heavy (non-hydrogen) atoms. The van der Waals surface area contributed by atoms with Crippen molar-refractivity contribution in [1.82, 2.24) is 0 Å². The van der Waals surface area contributed by atoms with E-state index in [1.165, 1.54) is 11.1 Å². The Morgan fingerprint density at radius 1 is 0.750 bits per heavy atom. The Hall–Kier alpha value is -2.43. The fourth-order valence-electron chi connectivity index (χ4n) is 3.03. The zero-order valence-electron chi connectivity index (χ0n) is 16.6. The second-order valence-corrected chi connectivity index (χ2v) is 9.62. The summed E-state index contributed by atoms with van der Waals surface area (Å²) in [7, 11) is -3.48. The van der Waals surface area contributed by atoms with Gasteiger partial charge in [-0.05, 0) is 56.2 Å². The maximum atomic E-state index is 12.7. The van der Waals surface area contributed by atoms with Crippen molar-refractivity contribution < 1.29 is 13.2 Å². The van der Waals surface area contributed by atoms with E-state index in [0.29, 0.717) is 16.4 Å². The first kappa shape index (κ1) is 20.3. The second kappa shape index (κ2) is 8.29. The first-order valence-corrected chi connectivity index (χ1v) is 10.8. The summed E-state index contributed by atoms with van der Waals surface area (Å²) in [6.45, 7) is 6.65. The van der Waals surface area contributed by atoms with E-state index in [1.807, 2.05) is 12.1 Å². The van der Waals surface area contributed by atoms with Crippen LogP contribution in [0.2, 0.25) is 0 Å². The molecule has 0 spiro atoms. The highest BCUT2D eigenvalue weighted by molar-refractivity contribution is 7.91. The predicted molar refractivity (Wildman–Crippen MR) is 112 cm³/mol. The number of ether oxygens (including phenoxy) is 1. The lowest BCUT2D eigenvalue weighted by Gasteiger charge is -2.25. The van der Waals surface area contributed by atoms with Crippen molar-refractivity contribution >= 4 is 9.84 Å². The quantitative estimate of drug-likeness (QED) is 0.541. The fraction of sp³-hybridized carbons (Fsp3) is 0.250. The Balaban J connectivity index is 1.65. The molecule has 0 aliphatic heterocycles. The maximum absolute atomic E-state index is 12.7. The van der Waals surface area contributed by atoms with Crippen LogP contribution in [-0.2, 0) is 27.6 Å². The number of benzene rings is 3. The van der Waals surface area contributed by atoms with E-state index in [0.717, 1.165) is 12.0 Å². The van der Waals surface area contributed by atoms with Crippen LogP contribution in [0, 0.1) is 6.92 Å². The van der Waals surface area contributed by atoms with Crippen molar-refractivity contribution in [3.63, 3.8) is 0 Å². The summed E-state index contributed by atoms with van der Waals surface area (Å²) < 4.78 is 31.4. The Labute approximate surface area is 167 Å². The van der Waals surface area contributed by atoms with Gasteiger partial charge in [0.2, 0.25) is 9.84 Å². The first-order valence-electron chi connectivity index (χ1n) is 9.35. The van der Waals surface area contributed by atoms with Gasteiger partial charge in [0.15, 0.2) is 0 Å². The molecule has 0 aliphatic rings. The molecule has 0 amide bonds. The lowest BCUT2D eigenvalue weighted by Crippen LogP contribution is -2.27. The molecule has 0 bridgehead atoms. The molecule has 0 heterocycles. The number of rotatable bonds is 7. The lowest BCUT2D eigenvalue weighted by atomic mass is 9.97. The smallest absolute Gasteiger partial charge is 0.206 e. The summed E-state index contributed by atoms with van der Waals surface area (Å²) in [6.07, 6.45) is 0.813. The van der Waals surface area contributed by atoms with Gasteiger partial charge in [-0.25, -0.2) is 8.42 Å². The molecule has 4 heteroatoms. The molecule has 0 aliphatic carbocycles. The van der Waals surface area contributed by atoms with Crippen molar-refractivity contribution in [2.75, 3.05) is 0 Å². The van der Waals surface area contributed by atoms with Gasteiger partial charge >= 0.3 is 0 Å². The number of hydrogen-bond acceptors (Lipinski definition) is 3. The van der Waals surface area contributed by atoms with Gasteiger partial charge in [0.05, 0.1) is 22.0 Å². The van der Waals surface area contributed by atoms with Crippen LogP contribution in [0.4, 0.5) is 0 Å². The fourth-order valence-corrected chi connectivity index (χ4v) is 4.31. The molecule has 0 radical (unpaired) electrons. The van der Waals surface area contributed by atoms with Crippen molar-refractivity contribution in [2.24, 2.45) is 0 Å². The van der Waals surface area contributed by atoms with E-state index in [1.54, 1.807) is 42.5 Å². The van der Waals surface area contributed by atoms with E-state index >= 15 is 0 Å². The van der Waals surface area contributed by atoms with E-state index in [9.17, 15) is 8.42 Å². The topological polar surface area (TPSA) is 43.4 Å². The molecule has 3 nitrogen and oxygen atoms in total. The van der Waals surface area contributed by atoms with Crippen LogP contribution in [0.1, 0.15) is 30.5 Å². The Bertz CT molecular complexity index is 1000. The summed E-state index contributed by atoms with van der Waals surface area (Å²) in [5, 5.41) is 0. The third-order valence-electron chi connectivity index (χ3n) is 4.67. The number of hydrogen-bond donors (Lipinski definition) is 0. The number of aryl methyl sites for hydroxylation is 1. The van der Waals surface area contributed by atoms with Crippen LogP contribution >= 0.6 is 0 Å². The SMILES string of the molecule is Cc1ccc(CC(C)(C)OCc2ccc(S(=O)(=O)c3ccccc3)cc2)cc1. The van der Waals surface area contributed by atoms with Crippen LogP contribution in [-0.4, -0.2) is 14.0 Å². The third kappa shape index (κ3) is 5.09. The molecule has 0 saturated heterocycles. The molecule has 0 N–H and O–H groups in total. The molecule has 0 saturated carbocycles. The summed E-state index contributed by atoms with van der Waals surface area (Å²) in [5.41, 5.74) is 3.11. The monoisotopic (exact) mass is 394 g/mol. The highest BCUT2D eigenvalue weighted by Gasteiger charge is 2.20. The normalized spacial score (nSPS) is 12.1. The van der Waals surface area contributed by atoms with Gasteiger partial charge in [-0.1, -0.05) is 60.2 Å². The first-order chi connectivity index (χ1) is 13.3. The van der Waals surface area contributed by atoms with Crippen molar-refractivity contribution in [1.29, 1.82) is 0 Å². The van der Waals surface area contributed by atoms with Gasteiger partial charge in [0, 0.05) is 6.42 Å². The van der Waals surface area contributed by atoms with Crippen molar-refractivity contribution in [2.45, 2.75) is 49.2 Å². The highest BCUT2D eigenvalue weighted by Crippen LogP contribution is 2.23. The molecule has 3 aromatic rings. The largest absolute Gasteiger partial charge is 0.371 e. The Kier molecular flexibility index (Phi) is 6.01. The van der Waals surface area contributed by atoms with Crippen LogP contribution < -0.4 is 0 Å². The molecular formula is C24H26O3S. The van der Waals surface area contributed by atoms with E-state index in [2.05, 4.69) is 45.0 Å². The summed E-state index contributed by atoms with van der Waals surface area (Å²) >= 11 is 0. The van der Waals surface area contributed by atoms with Gasteiger partial charge in [-0.2, -0.15) is 0 Å². The maximum Gasteiger partial charge on any atom is 0.206 e. The van der Waals surface area contributed by atoms with Gasteiger partial charge in [-0.3, -0.25) is 0 Å². The van der Waals surface area contributed by atoms with E-state index in [-0.39, 0.29) is 5.60 Å². The van der Waals surface area contributed by atoms with E-state index < -0.39 is 9.84 Å². The standard InChI is InChI=1S/C24H26O3S/c1-19-9-11-20(12-10-19)17-24(2,3)27-18-21-13-15-23(16-14-21)28(25,26)22-7-5-4-6-8-22/h4-16H,17-18H2,1-3H3. The molecule has 3 rings (SSSR count). The van der Waals surface area contributed by atoms with Crippen LogP contribution in [0.5, 0.6) is 0 Å². The molecule has 146 valence electrons. The average molecular weight is 395 g/mol. The summed E-state index contributed by atoms with van der Waals surface area (Å²) in [6, 6.07) is 23.9. The molecule has 0 unspecified atom stereocenters. The van der Waals surface area contributed by atoms with Gasteiger partial charge in [0.1, 0.15) is 0 Å². The molecule has 0 fully saturated rings. The molecular weight excluding hydrogens is 368 g/mol. The molecule has 0 aromatic heterocycles. The zero-order chi connectivity index (χ0) is 20.2. The van der Waals surface area contributed by atoms with Crippen molar-refractivity contribution in [3.8, 4) is 0 Å². The molecule has 3 aromatic carbocycles. The van der Waals surface area contributed by atoms with Crippen LogP contribution in [0.25, 0.3) is 0 Å². The molecule has 0 atom stereocenters. The lowest BCUT2D eigenvalue weighted by molar-refractivity contribution is -0.0287. The summed E-state index contributed by atoms with van der Waals surface area (Å²) in [4.78, 5) is 0.597. The minimum Gasteiger partial charge on any atom is -0.371 e. The highest BCUT2D eigenvalue weighted by atomic mass is 32.2. The van der Waals surface area contributed by atoms with Gasteiger partial charge in [0.25, 0.3) is 0 Å². The van der Waals surface area contributed by atoms with Gasteiger partial charge in [-0.15, -0.1) is 0 Å². The van der Waals surface area contributed by atoms with Crippen LogP contribution in [0.3, 0.4) is 0 Å². The summed E-state index contributed by atoms with van der Waals surface area (Å²) in [5.74, 6) is 0. The zero-order valence-corrected chi connectivity index (χ0v) is 17.4. The Morgan fingerprint density at radius 2 is 1.29 bits per heavy atom.